The molecule has 1 rings (SSSR count). The minimum Gasteiger partial charge on any atom is -0.304 e. The molecule has 1 nitrogen and oxygen atoms in total. The summed E-state index contributed by atoms with van der Waals surface area (Å²) in [6.07, 6.45) is -3.67. The van der Waals surface area contributed by atoms with Crippen molar-refractivity contribution in [3.63, 3.8) is 0 Å². The zero-order valence-corrected chi connectivity index (χ0v) is 9.75. The van der Waals surface area contributed by atoms with Crippen molar-refractivity contribution in [2.24, 2.45) is 0 Å². The third-order valence-corrected chi connectivity index (χ3v) is 3.20. The van der Waals surface area contributed by atoms with E-state index in [9.17, 15) is 17.6 Å². The Labute approximate surface area is 95.5 Å². The maximum absolute atomic E-state index is 13.3. The number of halogens is 4. The summed E-state index contributed by atoms with van der Waals surface area (Å²) >= 11 is 1.10. The van der Waals surface area contributed by atoms with Crippen LogP contribution in [0.25, 0.3) is 0 Å². The Hall–Kier alpha value is -0.620. The van der Waals surface area contributed by atoms with Crippen LogP contribution in [0.15, 0.2) is 12.1 Å². The summed E-state index contributed by atoms with van der Waals surface area (Å²) < 4.78 is 51.2. The van der Waals surface area contributed by atoms with Gasteiger partial charge in [0.2, 0.25) is 0 Å². The van der Waals surface area contributed by atoms with Crippen molar-refractivity contribution >= 4 is 11.3 Å². The van der Waals surface area contributed by atoms with Crippen LogP contribution in [0.1, 0.15) is 22.7 Å². The quantitative estimate of drug-likeness (QED) is 0.792. The Bertz CT molecular complexity index is 337. The fourth-order valence-electron chi connectivity index (χ4n) is 1.37. The van der Waals surface area contributed by atoms with Gasteiger partial charge in [0.05, 0.1) is 0 Å². The molecule has 0 aromatic carbocycles. The monoisotopic (exact) mass is 255 g/mol. The molecule has 0 aliphatic heterocycles. The molecule has 92 valence electrons. The lowest BCUT2D eigenvalue weighted by molar-refractivity contribution is -0.150. The third kappa shape index (κ3) is 2.74. The van der Waals surface area contributed by atoms with E-state index in [0.29, 0.717) is 0 Å². The highest BCUT2D eigenvalue weighted by Crippen LogP contribution is 2.39. The normalized spacial score (nSPS) is 14.4. The van der Waals surface area contributed by atoms with Crippen LogP contribution in [0.4, 0.5) is 17.6 Å². The van der Waals surface area contributed by atoms with Crippen molar-refractivity contribution in [3.05, 3.63) is 21.9 Å². The molecule has 6 heteroatoms. The van der Waals surface area contributed by atoms with Crippen molar-refractivity contribution in [1.82, 2.24) is 5.32 Å². The Kier molecular flexibility index (Phi) is 4.32. The minimum atomic E-state index is -4.05. The lowest BCUT2D eigenvalue weighted by Gasteiger charge is -2.25. The van der Waals surface area contributed by atoms with Crippen LogP contribution < -0.4 is 5.32 Å². The molecular weight excluding hydrogens is 242 g/mol. The Morgan fingerprint density at radius 2 is 2.00 bits per heavy atom. The smallest absolute Gasteiger partial charge is 0.304 e. The second-order valence-electron chi connectivity index (χ2n) is 3.41. The first-order valence-corrected chi connectivity index (χ1v) is 5.67. The van der Waals surface area contributed by atoms with Gasteiger partial charge in [-0.2, -0.15) is 8.78 Å². The van der Waals surface area contributed by atoms with Crippen LogP contribution in [0.3, 0.4) is 0 Å². The molecule has 0 radical (unpaired) electrons. The van der Waals surface area contributed by atoms with E-state index in [1.807, 2.05) is 0 Å². The summed E-state index contributed by atoms with van der Waals surface area (Å²) in [6, 6.07) is 1.49. The molecule has 0 fully saturated rings. The van der Waals surface area contributed by atoms with Gasteiger partial charge in [-0.25, -0.2) is 8.78 Å². The van der Waals surface area contributed by atoms with E-state index in [0.717, 1.165) is 16.2 Å². The maximum atomic E-state index is 13.3. The average molecular weight is 255 g/mol. The van der Waals surface area contributed by atoms with Gasteiger partial charge in [0.25, 0.3) is 0 Å². The molecule has 0 bridgehead atoms. The predicted octanol–water partition coefficient (Wildman–Crippen LogP) is 3.61. The highest BCUT2D eigenvalue weighted by atomic mass is 32.1. The first-order chi connectivity index (χ1) is 7.39. The van der Waals surface area contributed by atoms with Gasteiger partial charge >= 0.3 is 12.3 Å². The number of alkyl halides is 4. The molecule has 1 aromatic rings. The molecule has 0 aliphatic rings. The minimum absolute atomic E-state index is 0.212. The molecule has 0 amide bonds. The Morgan fingerprint density at radius 1 is 1.38 bits per heavy atom. The molecule has 0 spiro atoms. The fourth-order valence-corrected chi connectivity index (χ4v) is 2.37. The van der Waals surface area contributed by atoms with E-state index < -0.39 is 18.4 Å². The summed E-state index contributed by atoms with van der Waals surface area (Å²) in [6.45, 7) is 3.57. The van der Waals surface area contributed by atoms with Crippen molar-refractivity contribution in [1.29, 1.82) is 0 Å². The third-order valence-electron chi connectivity index (χ3n) is 2.13. The van der Waals surface area contributed by atoms with Crippen LogP contribution in [-0.2, 0) is 0 Å². The van der Waals surface area contributed by atoms with Crippen LogP contribution in [0.5, 0.6) is 0 Å². The van der Waals surface area contributed by atoms with E-state index >= 15 is 0 Å². The lowest BCUT2D eigenvalue weighted by Crippen LogP contribution is -2.42. The molecule has 0 aliphatic carbocycles. The molecule has 1 N–H and O–H groups in total. The van der Waals surface area contributed by atoms with Gasteiger partial charge in [-0.05, 0) is 25.6 Å². The van der Waals surface area contributed by atoms with Gasteiger partial charge in [0.15, 0.2) is 0 Å². The molecule has 0 saturated heterocycles. The van der Waals surface area contributed by atoms with E-state index in [-0.39, 0.29) is 11.4 Å². The summed E-state index contributed by atoms with van der Waals surface area (Å²) in [4.78, 5) is 1.06. The van der Waals surface area contributed by atoms with Crippen LogP contribution in [0, 0.1) is 6.92 Å². The van der Waals surface area contributed by atoms with Crippen LogP contribution in [-0.4, -0.2) is 18.9 Å². The second-order valence-corrected chi connectivity index (χ2v) is 4.73. The number of hydrogen-bond donors (Lipinski definition) is 1. The average Bonchev–Trinajstić information content (AvgIpc) is 2.60. The first-order valence-electron chi connectivity index (χ1n) is 4.85. The van der Waals surface area contributed by atoms with Crippen molar-refractivity contribution in [2.45, 2.75) is 32.2 Å². The molecular formula is C10H13F4NS. The molecule has 16 heavy (non-hydrogen) atoms. The number of thiophene rings is 1. The highest BCUT2D eigenvalue weighted by Gasteiger charge is 2.49. The van der Waals surface area contributed by atoms with Crippen LogP contribution in [0.2, 0.25) is 0 Å². The van der Waals surface area contributed by atoms with Gasteiger partial charge in [-0.15, -0.1) is 11.3 Å². The van der Waals surface area contributed by atoms with Gasteiger partial charge in [-0.1, -0.05) is 6.92 Å². The highest BCUT2D eigenvalue weighted by molar-refractivity contribution is 7.12. The first kappa shape index (κ1) is 13.4. The zero-order valence-electron chi connectivity index (χ0n) is 8.94. The lowest BCUT2D eigenvalue weighted by atomic mass is 10.1. The zero-order chi connectivity index (χ0) is 12.3. The summed E-state index contributed by atoms with van der Waals surface area (Å²) in [5.74, 6) is -4.05. The summed E-state index contributed by atoms with van der Waals surface area (Å²) in [5.41, 5.74) is 0. The van der Waals surface area contributed by atoms with E-state index in [1.54, 1.807) is 19.9 Å². The molecule has 1 aromatic heterocycles. The van der Waals surface area contributed by atoms with E-state index in [2.05, 4.69) is 5.32 Å². The van der Waals surface area contributed by atoms with Crippen molar-refractivity contribution in [3.8, 4) is 0 Å². The SMILES string of the molecule is CCNC(c1ccc(C)s1)C(F)(F)C(F)F. The van der Waals surface area contributed by atoms with Gasteiger partial charge in [0, 0.05) is 9.75 Å². The fraction of sp³-hybridized carbons (Fsp3) is 0.600. The second kappa shape index (κ2) is 5.14. The molecule has 1 heterocycles. The topological polar surface area (TPSA) is 12.0 Å². The largest absolute Gasteiger partial charge is 0.327 e. The number of rotatable bonds is 5. The Morgan fingerprint density at radius 3 is 2.38 bits per heavy atom. The number of aryl methyl sites for hydroxylation is 1. The Balaban J connectivity index is 2.99. The van der Waals surface area contributed by atoms with Crippen LogP contribution >= 0.6 is 11.3 Å². The van der Waals surface area contributed by atoms with E-state index in [4.69, 9.17) is 0 Å². The summed E-state index contributed by atoms with van der Waals surface area (Å²) in [7, 11) is 0. The maximum Gasteiger partial charge on any atom is 0.327 e. The van der Waals surface area contributed by atoms with Gasteiger partial charge < -0.3 is 5.32 Å². The number of hydrogen-bond acceptors (Lipinski definition) is 2. The molecule has 1 unspecified atom stereocenters. The van der Waals surface area contributed by atoms with E-state index in [1.165, 1.54) is 6.07 Å². The summed E-state index contributed by atoms with van der Waals surface area (Å²) in [5, 5.41) is 2.41. The van der Waals surface area contributed by atoms with Gasteiger partial charge in [-0.3, -0.25) is 0 Å². The number of nitrogens with one attached hydrogen (secondary N) is 1. The predicted molar refractivity (Wildman–Crippen MR) is 56.4 cm³/mol. The molecule has 1 atom stereocenters. The molecule has 0 saturated carbocycles. The van der Waals surface area contributed by atoms with Gasteiger partial charge in [0.1, 0.15) is 6.04 Å². The standard InChI is InChI=1S/C10H13F4NS/c1-3-15-8(10(13,14)9(11)12)7-5-4-6(2)16-7/h4-5,8-9,15H,3H2,1-2H3. The van der Waals surface area contributed by atoms with Crippen molar-refractivity contribution < 1.29 is 17.6 Å². The van der Waals surface area contributed by atoms with Crippen molar-refractivity contribution in [2.75, 3.05) is 6.54 Å².